The molecule has 1 aliphatic carbocycles. The third-order valence-corrected chi connectivity index (χ3v) is 4.65. The van der Waals surface area contributed by atoms with E-state index >= 15 is 0 Å². The number of thioether (sulfide) groups is 1. The van der Waals surface area contributed by atoms with Crippen molar-refractivity contribution in [3.63, 3.8) is 0 Å². The number of amidine groups is 1. The Kier molecular flexibility index (Phi) is 4.20. The predicted molar refractivity (Wildman–Crippen MR) is 80.0 cm³/mol. The van der Waals surface area contributed by atoms with E-state index < -0.39 is 0 Å². The van der Waals surface area contributed by atoms with Crippen molar-refractivity contribution in [2.75, 3.05) is 0 Å². The summed E-state index contributed by atoms with van der Waals surface area (Å²) >= 11 is 1.61. The van der Waals surface area contributed by atoms with Gasteiger partial charge in [0.05, 0.1) is 11.8 Å². The van der Waals surface area contributed by atoms with Crippen molar-refractivity contribution < 1.29 is 4.79 Å². The Hall–Kier alpha value is -1.56. The molecule has 1 amide bonds. The molecule has 2 heterocycles. The van der Waals surface area contributed by atoms with Gasteiger partial charge in [0.1, 0.15) is 0 Å². The highest BCUT2D eigenvalue weighted by Crippen LogP contribution is 2.34. The molecule has 3 rings (SSSR count). The van der Waals surface area contributed by atoms with Gasteiger partial charge in [-0.2, -0.15) is 5.10 Å². The zero-order chi connectivity index (χ0) is 13.8. The first-order chi connectivity index (χ1) is 9.79. The summed E-state index contributed by atoms with van der Waals surface area (Å²) in [6.07, 6.45) is 7.14. The van der Waals surface area contributed by atoms with Crippen LogP contribution in [0.4, 0.5) is 0 Å². The molecular formula is C14H18N4OS. The highest BCUT2D eigenvalue weighted by atomic mass is 32.2. The van der Waals surface area contributed by atoms with E-state index in [1.54, 1.807) is 18.0 Å². The lowest BCUT2D eigenvalue weighted by atomic mass is 9.83. The summed E-state index contributed by atoms with van der Waals surface area (Å²) in [5.74, 6) is 0.764. The molecule has 1 saturated carbocycles. The number of carbonyl (C=O) groups excluding carboxylic acids is 1. The third kappa shape index (κ3) is 3.50. The first kappa shape index (κ1) is 13.4. The van der Waals surface area contributed by atoms with Gasteiger partial charge in [0.15, 0.2) is 5.17 Å². The number of hydrogen-bond donors (Lipinski definition) is 2. The van der Waals surface area contributed by atoms with E-state index in [2.05, 4.69) is 20.8 Å². The minimum absolute atomic E-state index is 0.0685. The quantitative estimate of drug-likeness (QED) is 0.888. The standard InChI is InChI=1S/C14H18N4OS/c19-12(9-11-6-1-2-7-15-11)16-14-18-17-13(20-14)8-10-4-3-5-10/h1-2,6-7,10,13,17H,3-5,8-9H2,(H,16,18,19). The lowest BCUT2D eigenvalue weighted by Crippen LogP contribution is -2.29. The molecular weight excluding hydrogens is 272 g/mol. The molecule has 1 fully saturated rings. The van der Waals surface area contributed by atoms with Crippen LogP contribution in [0.3, 0.4) is 0 Å². The van der Waals surface area contributed by atoms with Gasteiger partial charge in [-0.1, -0.05) is 37.1 Å². The topological polar surface area (TPSA) is 66.4 Å². The largest absolute Gasteiger partial charge is 0.303 e. The summed E-state index contributed by atoms with van der Waals surface area (Å²) in [4.78, 5) is 16.0. The van der Waals surface area contributed by atoms with Crippen LogP contribution in [0.25, 0.3) is 0 Å². The summed E-state index contributed by atoms with van der Waals surface area (Å²) in [5.41, 5.74) is 3.87. The van der Waals surface area contributed by atoms with Crippen LogP contribution in [-0.2, 0) is 11.2 Å². The summed E-state index contributed by atoms with van der Waals surface area (Å²) in [5, 5.41) is 8.01. The molecule has 106 valence electrons. The molecule has 1 aliphatic heterocycles. The molecule has 2 N–H and O–H groups in total. The zero-order valence-electron chi connectivity index (χ0n) is 11.2. The Bertz CT molecular complexity index is 501. The van der Waals surface area contributed by atoms with Crippen LogP contribution in [-0.4, -0.2) is 21.4 Å². The van der Waals surface area contributed by atoms with Crippen molar-refractivity contribution in [3.05, 3.63) is 30.1 Å². The number of hydrazone groups is 1. The molecule has 5 nitrogen and oxygen atoms in total. The van der Waals surface area contributed by atoms with Crippen molar-refractivity contribution in [1.29, 1.82) is 0 Å². The zero-order valence-corrected chi connectivity index (χ0v) is 12.0. The summed E-state index contributed by atoms with van der Waals surface area (Å²) in [7, 11) is 0. The highest BCUT2D eigenvalue weighted by Gasteiger charge is 2.27. The number of amides is 1. The van der Waals surface area contributed by atoms with Gasteiger partial charge in [-0.25, -0.2) is 0 Å². The van der Waals surface area contributed by atoms with Gasteiger partial charge >= 0.3 is 0 Å². The molecule has 0 spiro atoms. The maximum atomic E-state index is 11.9. The van der Waals surface area contributed by atoms with Gasteiger partial charge in [0.2, 0.25) is 5.91 Å². The van der Waals surface area contributed by atoms with E-state index in [4.69, 9.17) is 0 Å². The van der Waals surface area contributed by atoms with Gasteiger partial charge < -0.3 is 5.32 Å². The highest BCUT2D eigenvalue weighted by molar-refractivity contribution is 8.14. The minimum Gasteiger partial charge on any atom is -0.303 e. The molecule has 0 saturated heterocycles. The number of rotatable bonds is 4. The van der Waals surface area contributed by atoms with Crippen LogP contribution in [0.2, 0.25) is 0 Å². The summed E-state index contributed by atoms with van der Waals surface area (Å²) in [6.45, 7) is 0. The lowest BCUT2D eigenvalue weighted by molar-refractivity contribution is -0.119. The van der Waals surface area contributed by atoms with Crippen LogP contribution in [0.5, 0.6) is 0 Å². The van der Waals surface area contributed by atoms with E-state index in [1.165, 1.54) is 19.3 Å². The predicted octanol–water partition coefficient (Wildman–Crippen LogP) is 1.86. The van der Waals surface area contributed by atoms with Crippen molar-refractivity contribution in [3.8, 4) is 0 Å². The SMILES string of the molecule is O=C(Cc1ccccn1)NC1=NNC(CC2CCC2)S1. The fourth-order valence-corrected chi connectivity index (χ4v) is 3.36. The van der Waals surface area contributed by atoms with Gasteiger partial charge in [0.25, 0.3) is 0 Å². The molecule has 0 aromatic carbocycles. The van der Waals surface area contributed by atoms with E-state index in [0.29, 0.717) is 10.5 Å². The normalized spacial score (nSPS) is 21.8. The Morgan fingerprint density at radius 3 is 3.05 bits per heavy atom. The van der Waals surface area contributed by atoms with Crippen LogP contribution in [0.15, 0.2) is 29.5 Å². The third-order valence-electron chi connectivity index (χ3n) is 3.65. The van der Waals surface area contributed by atoms with Gasteiger partial charge in [-0.05, 0) is 24.5 Å². The van der Waals surface area contributed by atoms with Crippen molar-refractivity contribution >= 4 is 22.8 Å². The molecule has 1 aromatic heterocycles. The Morgan fingerprint density at radius 2 is 2.35 bits per heavy atom. The number of nitrogens with one attached hydrogen (secondary N) is 2. The second kappa shape index (κ2) is 6.26. The molecule has 1 unspecified atom stereocenters. The molecule has 20 heavy (non-hydrogen) atoms. The Morgan fingerprint density at radius 1 is 1.45 bits per heavy atom. The number of aromatic nitrogens is 1. The Labute approximate surface area is 122 Å². The van der Waals surface area contributed by atoms with Crippen LogP contribution < -0.4 is 10.7 Å². The molecule has 0 radical (unpaired) electrons. The molecule has 1 atom stereocenters. The van der Waals surface area contributed by atoms with E-state index in [0.717, 1.165) is 18.0 Å². The second-order valence-electron chi connectivity index (χ2n) is 5.23. The van der Waals surface area contributed by atoms with E-state index in [-0.39, 0.29) is 12.3 Å². The average molecular weight is 290 g/mol. The van der Waals surface area contributed by atoms with E-state index in [1.807, 2.05) is 18.2 Å². The fraction of sp³-hybridized carbons (Fsp3) is 0.500. The smallest absolute Gasteiger partial charge is 0.231 e. The molecule has 1 aromatic rings. The summed E-state index contributed by atoms with van der Waals surface area (Å²) < 4.78 is 0. The van der Waals surface area contributed by atoms with Crippen molar-refractivity contribution in [2.24, 2.45) is 11.0 Å². The average Bonchev–Trinajstić information content (AvgIpc) is 2.82. The van der Waals surface area contributed by atoms with Gasteiger partial charge in [-0.15, -0.1) is 0 Å². The van der Waals surface area contributed by atoms with Crippen LogP contribution >= 0.6 is 11.8 Å². The first-order valence-electron chi connectivity index (χ1n) is 6.99. The van der Waals surface area contributed by atoms with Crippen LogP contribution in [0.1, 0.15) is 31.4 Å². The second-order valence-corrected chi connectivity index (χ2v) is 6.42. The number of hydrogen-bond acceptors (Lipinski definition) is 5. The van der Waals surface area contributed by atoms with Crippen molar-refractivity contribution in [2.45, 2.75) is 37.5 Å². The van der Waals surface area contributed by atoms with E-state index in [9.17, 15) is 4.79 Å². The Balaban J connectivity index is 1.43. The fourth-order valence-electron chi connectivity index (χ4n) is 2.34. The molecule has 0 bridgehead atoms. The number of carbonyl (C=O) groups is 1. The maximum absolute atomic E-state index is 11.9. The number of nitrogens with zero attached hydrogens (tertiary/aromatic N) is 2. The number of pyridine rings is 1. The maximum Gasteiger partial charge on any atom is 0.231 e. The summed E-state index contributed by atoms with van der Waals surface area (Å²) in [6, 6.07) is 5.57. The van der Waals surface area contributed by atoms with Gasteiger partial charge in [0, 0.05) is 11.9 Å². The van der Waals surface area contributed by atoms with Crippen molar-refractivity contribution in [1.82, 2.24) is 15.7 Å². The minimum atomic E-state index is -0.0685. The van der Waals surface area contributed by atoms with Crippen LogP contribution in [0, 0.1) is 5.92 Å². The lowest BCUT2D eigenvalue weighted by Gasteiger charge is -2.27. The first-order valence-corrected chi connectivity index (χ1v) is 7.87. The van der Waals surface area contributed by atoms with Gasteiger partial charge in [-0.3, -0.25) is 15.2 Å². The molecule has 2 aliphatic rings. The molecule has 6 heteroatoms. The monoisotopic (exact) mass is 290 g/mol.